The van der Waals surface area contributed by atoms with Crippen molar-refractivity contribution in [1.29, 1.82) is 0 Å². The van der Waals surface area contributed by atoms with Gasteiger partial charge in [-0.25, -0.2) is 13.5 Å². The van der Waals surface area contributed by atoms with E-state index in [0.29, 0.717) is 0 Å². The van der Waals surface area contributed by atoms with Gasteiger partial charge in [-0.05, 0) is 25.3 Å². The SMILES string of the molecule is CC(Nc1nc(N2CCN(S(C)=O)CC2)nc2c1=CCCC=2)c1ccccc1. The molecule has 0 spiro atoms. The largest absolute Gasteiger partial charge is 0.363 e. The van der Waals surface area contributed by atoms with Gasteiger partial charge in [0.1, 0.15) is 5.82 Å². The summed E-state index contributed by atoms with van der Waals surface area (Å²) in [5.74, 6) is 1.66. The number of hydrogen-bond donors (Lipinski definition) is 1. The molecule has 2 unspecified atom stereocenters. The van der Waals surface area contributed by atoms with E-state index in [1.54, 1.807) is 6.26 Å². The van der Waals surface area contributed by atoms with Crippen LogP contribution >= 0.6 is 0 Å². The highest BCUT2D eigenvalue weighted by molar-refractivity contribution is 7.81. The first kappa shape index (κ1) is 19.1. The molecule has 2 aromatic rings. The molecule has 1 aromatic heterocycles. The van der Waals surface area contributed by atoms with Gasteiger partial charge < -0.3 is 10.2 Å². The molecule has 0 amide bonds. The maximum atomic E-state index is 11.7. The summed E-state index contributed by atoms with van der Waals surface area (Å²) in [4.78, 5) is 11.9. The van der Waals surface area contributed by atoms with Crippen LogP contribution in [0, 0.1) is 0 Å². The zero-order valence-electron chi connectivity index (χ0n) is 16.5. The lowest BCUT2D eigenvalue weighted by Crippen LogP contribution is -2.48. The van der Waals surface area contributed by atoms with Gasteiger partial charge >= 0.3 is 0 Å². The number of piperazine rings is 1. The van der Waals surface area contributed by atoms with Crippen LogP contribution in [0.25, 0.3) is 12.2 Å². The van der Waals surface area contributed by atoms with Gasteiger partial charge in [0.2, 0.25) is 5.95 Å². The van der Waals surface area contributed by atoms with Crippen LogP contribution < -0.4 is 20.8 Å². The van der Waals surface area contributed by atoms with Gasteiger partial charge in [-0.15, -0.1) is 0 Å². The third kappa shape index (κ3) is 4.10. The second-order valence-corrected chi connectivity index (χ2v) is 8.64. The van der Waals surface area contributed by atoms with Crippen LogP contribution in [0.4, 0.5) is 11.8 Å². The van der Waals surface area contributed by atoms with E-state index in [0.717, 1.165) is 61.4 Å². The van der Waals surface area contributed by atoms with E-state index in [9.17, 15) is 4.21 Å². The van der Waals surface area contributed by atoms with E-state index < -0.39 is 11.0 Å². The van der Waals surface area contributed by atoms with Crippen molar-refractivity contribution in [2.75, 3.05) is 42.7 Å². The zero-order chi connectivity index (χ0) is 19.5. The monoisotopic (exact) mass is 397 g/mol. The minimum Gasteiger partial charge on any atom is -0.363 e. The second-order valence-electron chi connectivity index (χ2n) is 7.27. The molecular weight excluding hydrogens is 370 g/mol. The molecule has 28 heavy (non-hydrogen) atoms. The number of rotatable bonds is 5. The summed E-state index contributed by atoms with van der Waals surface area (Å²) < 4.78 is 13.7. The highest BCUT2D eigenvalue weighted by atomic mass is 32.2. The predicted molar refractivity (Wildman–Crippen MR) is 116 cm³/mol. The minimum absolute atomic E-state index is 0.155. The average molecular weight is 398 g/mol. The molecule has 1 aliphatic heterocycles. The Labute approximate surface area is 168 Å². The first-order valence-electron chi connectivity index (χ1n) is 9.85. The fourth-order valence-electron chi connectivity index (χ4n) is 3.71. The Morgan fingerprint density at radius 2 is 1.75 bits per heavy atom. The molecule has 4 rings (SSSR count). The number of fused-ring (bicyclic) bond motifs is 1. The molecule has 1 N–H and O–H groups in total. The topological polar surface area (TPSA) is 61.4 Å². The Kier molecular flexibility index (Phi) is 5.73. The van der Waals surface area contributed by atoms with Gasteiger partial charge in [-0.2, -0.15) is 4.98 Å². The average Bonchev–Trinajstić information content (AvgIpc) is 2.74. The molecule has 1 aromatic carbocycles. The minimum atomic E-state index is -0.916. The lowest BCUT2D eigenvalue weighted by atomic mass is 10.1. The fraction of sp³-hybridized carbons (Fsp3) is 0.429. The van der Waals surface area contributed by atoms with Crippen LogP contribution in [0.3, 0.4) is 0 Å². The van der Waals surface area contributed by atoms with Gasteiger partial charge in [0.15, 0.2) is 0 Å². The summed E-state index contributed by atoms with van der Waals surface area (Å²) >= 11 is 0. The number of nitrogens with one attached hydrogen (secondary N) is 1. The van der Waals surface area contributed by atoms with E-state index in [4.69, 9.17) is 9.97 Å². The summed E-state index contributed by atoms with van der Waals surface area (Å²) in [6.07, 6.45) is 8.21. The van der Waals surface area contributed by atoms with Crippen LogP contribution in [0.1, 0.15) is 31.4 Å². The van der Waals surface area contributed by atoms with E-state index in [2.05, 4.69) is 53.6 Å². The first-order chi connectivity index (χ1) is 13.6. The van der Waals surface area contributed by atoms with Crippen LogP contribution in [-0.4, -0.2) is 50.9 Å². The van der Waals surface area contributed by atoms with Gasteiger partial charge in [-0.3, -0.25) is 0 Å². The van der Waals surface area contributed by atoms with Crippen molar-refractivity contribution in [2.24, 2.45) is 0 Å². The van der Waals surface area contributed by atoms with Crippen molar-refractivity contribution in [1.82, 2.24) is 14.3 Å². The Hall–Kier alpha value is -2.25. The Bertz CT molecular complexity index is 970. The van der Waals surface area contributed by atoms with Gasteiger partial charge in [0.05, 0.1) is 16.3 Å². The third-order valence-electron chi connectivity index (χ3n) is 5.35. The first-order valence-corrected chi connectivity index (χ1v) is 11.4. The molecule has 2 atom stereocenters. The summed E-state index contributed by atoms with van der Waals surface area (Å²) in [7, 11) is -0.916. The molecule has 1 aliphatic carbocycles. The molecule has 6 nitrogen and oxygen atoms in total. The Morgan fingerprint density at radius 1 is 1.04 bits per heavy atom. The van der Waals surface area contributed by atoms with Crippen molar-refractivity contribution in [3.8, 4) is 0 Å². The van der Waals surface area contributed by atoms with Gasteiger partial charge in [0, 0.05) is 43.7 Å². The molecule has 0 bridgehead atoms. The normalized spacial score (nSPS) is 19.1. The van der Waals surface area contributed by atoms with Crippen molar-refractivity contribution >= 4 is 34.9 Å². The smallest absolute Gasteiger partial charge is 0.227 e. The van der Waals surface area contributed by atoms with Crippen LogP contribution in [0.2, 0.25) is 0 Å². The van der Waals surface area contributed by atoms with Crippen molar-refractivity contribution in [3.63, 3.8) is 0 Å². The molecule has 148 valence electrons. The van der Waals surface area contributed by atoms with Crippen LogP contribution in [-0.2, 0) is 11.0 Å². The zero-order valence-corrected chi connectivity index (χ0v) is 17.3. The maximum Gasteiger partial charge on any atom is 0.227 e. The Balaban J connectivity index is 1.63. The molecule has 1 fully saturated rings. The number of nitrogens with zero attached hydrogens (tertiary/aromatic N) is 4. The third-order valence-corrected chi connectivity index (χ3v) is 6.45. The quantitative estimate of drug-likeness (QED) is 0.827. The van der Waals surface area contributed by atoms with Crippen LogP contribution in [0.5, 0.6) is 0 Å². The summed E-state index contributed by atoms with van der Waals surface area (Å²) in [5, 5.41) is 5.72. The molecule has 0 saturated carbocycles. The molecule has 2 aliphatic rings. The molecule has 2 heterocycles. The Morgan fingerprint density at radius 3 is 2.46 bits per heavy atom. The van der Waals surface area contributed by atoms with E-state index in [1.807, 2.05) is 10.4 Å². The summed E-state index contributed by atoms with van der Waals surface area (Å²) in [6, 6.07) is 10.6. The lowest BCUT2D eigenvalue weighted by Gasteiger charge is -2.33. The highest BCUT2D eigenvalue weighted by Gasteiger charge is 2.22. The molecule has 7 heteroatoms. The van der Waals surface area contributed by atoms with E-state index >= 15 is 0 Å². The van der Waals surface area contributed by atoms with Crippen LogP contribution in [0.15, 0.2) is 30.3 Å². The van der Waals surface area contributed by atoms with Crippen molar-refractivity contribution in [2.45, 2.75) is 25.8 Å². The van der Waals surface area contributed by atoms with Gasteiger partial charge in [-0.1, -0.05) is 42.5 Å². The number of anilines is 2. The van der Waals surface area contributed by atoms with Gasteiger partial charge in [0.25, 0.3) is 0 Å². The highest BCUT2D eigenvalue weighted by Crippen LogP contribution is 2.18. The second kappa shape index (κ2) is 8.41. The molecule has 1 saturated heterocycles. The van der Waals surface area contributed by atoms with E-state index in [-0.39, 0.29) is 6.04 Å². The molecule has 0 radical (unpaired) electrons. The lowest BCUT2D eigenvalue weighted by molar-refractivity contribution is 0.409. The number of aromatic nitrogens is 2. The molecular formula is C21H27N5OS. The standard InChI is InChI=1S/C21H27N5OS/c1-16(17-8-4-3-5-9-17)22-20-18-10-6-7-11-19(18)23-21(24-20)25-12-14-26(15-13-25)28(2)27/h3-5,8-11,16H,6-7,12-15H2,1-2H3,(H,22,23,24). The predicted octanol–water partition coefficient (Wildman–Crippen LogP) is 1.42. The van der Waals surface area contributed by atoms with E-state index in [1.165, 1.54) is 5.56 Å². The number of benzene rings is 1. The van der Waals surface area contributed by atoms with Crippen molar-refractivity contribution in [3.05, 3.63) is 46.5 Å². The summed E-state index contributed by atoms with van der Waals surface area (Å²) in [6.45, 7) is 5.27. The number of hydrogen-bond acceptors (Lipinski definition) is 5. The fourth-order valence-corrected chi connectivity index (χ4v) is 4.38. The van der Waals surface area contributed by atoms with Crippen molar-refractivity contribution < 1.29 is 4.21 Å². The maximum absolute atomic E-state index is 11.7. The summed E-state index contributed by atoms with van der Waals surface area (Å²) in [5.41, 5.74) is 1.23.